The van der Waals surface area contributed by atoms with Gasteiger partial charge in [-0.3, -0.25) is 9.69 Å². The summed E-state index contributed by atoms with van der Waals surface area (Å²) in [5.41, 5.74) is -0.344. The first-order valence-corrected chi connectivity index (χ1v) is 14.3. The normalized spacial score (nSPS) is 19.9. The minimum atomic E-state index is -5.08. The Kier molecular flexibility index (Phi) is 9.76. The second-order valence-corrected chi connectivity index (χ2v) is 11.0. The van der Waals surface area contributed by atoms with Crippen molar-refractivity contribution < 1.29 is 65.0 Å². The molecule has 2 aliphatic rings. The van der Waals surface area contributed by atoms with Crippen LogP contribution >= 0.6 is 0 Å². The van der Waals surface area contributed by atoms with E-state index in [1.54, 1.807) is 36.4 Å². The lowest BCUT2D eigenvalue weighted by Gasteiger charge is -2.42. The highest BCUT2D eigenvalue weighted by Crippen LogP contribution is 2.43. The van der Waals surface area contributed by atoms with Crippen LogP contribution in [-0.2, 0) is 15.8 Å². The van der Waals surface area contributed by atoms with Crippen molar-refractivity contribution in [2.24, 2.45) is 5.92 Å². The number of likely N-dealkylation sites (tertiary alicyclic amines) is 1. The van der Waals surface area contributed by atoms with Crippen molar-refractivity contribution in [3.05, 3.63) is 59.7 Å². The summed E-state index contributed by atoms with van der Waals surface area (Å²) in [6.45, 7) is 1.47. The second kappa shape index (κ2) is 13.6. The molecule has 0 amide bonds. The molecule has 6 rings (SSSR count). The van der Waals surface area contributed by atoms with Gasteiger partial charge in [0.1, 0.15) is 29.7 Å². The molecule has 1 unspecified atom stereocenters. The summed E-state index contributed by atoms with van der Waals surface area (Å²) < 4.78 is 90.1. The molecule has 2 aromatic carbocycles. The van der Waals surface area contributed by atoms with Crippen LogP contribution in [-0.4, -0.2) is 79.4 Å². The van der Waals surface area contributed by atoms with Gasteiger partial charge < -0.3 is 29.1 Å². The van der Waals surface area contributed by atoms with Crippen molar-refractivity contribution in [2.45, 2.75) is 43.8 Å². The van der Waals surface area contributed by atoms with Crippen LogP contribution in [0.5, 0.6) is 5.75 Å². The lowest BCUT2D eigenvalue weighted by atomic mass is 9.90. The van der Waals surface area contributed by atoms with Crippen molar-refractivity contribution in [2.75, 3.05) is 19.7 Å². The predicted octanol–water partition coefficient (Wildman–Crippen LogP) is 5.69. The number of ether oxygens (including phenoxy) is 1. The third kappa shape index (κ3) is 7.60. The molecule has 12 nitrogen and oxygen atoms in total. The molecule has 0 radical (unpaired) electrons. The fourth-order valence-electron chi connectivity index (χ4n) is 5.56. The molecular formula is C30H26F6N4O8. The Hall–Kier alpha value is -4.97. The molecule has 0 spiro atoms. The average Bonchev–Trinajstić information content (AvgIpc) is 3.70. The topological polar surface area (TPSA) is 172 Å². The number of hydrogen-bond acceptors (Lipinski definition) is 10. The molecule has 1 saturated heterocycles. The van der Waals surface area contributed by atoms with Gasteiger partial charge in [-0.1, -0.05) is 52.8 Å². The van der Waals surface area contributed by atoms with E-state index in [9.17, 15) is 36.2 Å². The third-order valence-corrected chi connectivity index (χ3v) is 7.73. The molecule has 2 aromatic heterocycles. The Labute approximate surface area is 266 Å². The molecule has 48 heavy (non-hydrogen) atoms. The number of alkyl halides is 6. The smallest absolute Gasteiger partial charge is 0.490 e. The number of aliphatic carboxylic acids is 2. The SMILES string of the molecule is O=C(O)C(F)(F)F.O=C(O)CC1CCCN([C@@H]2COc3cc(-c4noc(-c5onc(-c6ccccc6)c5C(F)(F)F)n4)ccc3[C@@H]2O)C1. The quantitative estimate of drug-likeness (QED) is 0.212. The van der Waals surface area contributed by atoms with Crippen molar-refractivity contribution in [3.63, 3.8) is 0 Å². The minimum Gasteiger partial charge on any atom is -0.491 e. The molecule has 1 fully saturated rings. The molecule has 2 aliphatic heterocycles. The number of nitrogens with zero attached hydrogens (tertiary/aromatic N) is 4. The molecular weight excluding hydrogens is 658 g/mol. The molecule has 0 bridgehead atoms. The maximum absolute atomic E-state index is 14.1. The zero-order valence-corrected chi connectivity index (χ0v) is 24.5. The van der Waals surface area contributed by atoms with Gasteiger partial charge >= 0.3 is 24.3 Å². The van der Waals surface area contributed by atoms with Crippen LogP contribution < -0.4 is 4.74 Å². The van der Waals surface area contributed by atoms with E-state index in [-0.39, 0.29) is 42.1 Å². The molecule has 18 heteroatoms. The maximum atomic E-state index is 14.1. The minimum absolute atomic E-state index is 0.00124. The number of hydrogen-bond donors (Lipinski definition) is 3. The summed E-state index contributed by atoms with van der Waals surface area (Å²) in [5, 5.41) is 34.9. The zero-order valence-electron chi connectivity index (χ0n) is 24.5. The number of aliphatic hydroxyl groups excluding tert-OH is 1. The van der Waals surface area contributed by atoms with Crippen molar-refractivity contribution in [1.82, 2.24) is 20.2 Å². The highest BCUT2D eigenvalue weighted by molar-refractivity contribution is 5.73. The van der Waals surface area contributed by atoms with Crippen LogP contribution in [0.1, 0.15) is 36.5 Å². The van der Waals surface area contributed by atoms with E-state index >= 15 is 0 Å². The van der Waals surface area contributed by atoms with E-state index < -0.39 is 47.6 Å². The summed E-state index contributed by atoms with van der Waals surface area (Å²) in [6, 6.07) is 12.4. The number of fused-ring (bicyclic) bond motifs is 1. The van der Waals surface area contributed by atoms with Gasteiger partial charge in [0, 0.05) is 29.7 Å². The van der Waals surface area contributed by atoms with Gasteiger partial charge in [0.25, 0.3) is 5.89 Å². The molecule has 4 heterocycles. The van der Waals surface area contributed by atoms with E-state index in [0.717, 1.165) is 19.4 Å². The van der Waals surface area contributed by atoms with Gasteiger partial charge in [0.15, 0.2) is 0 Å². The van der Waals surface area contributed by atoms with E-state index in [0.29, 0.717) is 23.4 Å². The van der Waals surface area contributed by atoms with E-state index in [1.807, 2.05) is 0 Å². The highest BCUT2D eigenvalue weighted by Gasteiger charge is 2.43. The zero-order chi connectivity index (χ0) is 34.8. The highest BCUT2D eigenvalue weighted by atomic mass is 19.4. The van der Waals surface area contributed by atoms with Gasteiger partial charge in [0.2, 0.25) is 11.6 Å². The van der Waals surface area contributed by atoms with Gasteiger partial charge in [-0.15, -0.1) is 0 Å². The second-order valence-electron chi connectivity index (χ2n) is 11.0. The Morgan fingerprint density at radius 1 is 0.958 bits per heavy atom. The number of benzene rings is 2. The number of carboxylic acids is 2. The number of aliphatic hydroxyl groups is 1. The largest absolute Gasteiger partial charge is 0.491 e. The van der Waals surface area contributed by atoms with Gasteiger partial charge in [-0.25, -0.2) is 4.79 Å². The van der Waals surface area contributed by atoms with Gasteiger partial charge in [-0.05, 0) is 31.4 Å². The van der Waals surface area contributed by atoms with Crippen LogP contribution in [0.15, 0.2) is 57.6 Å². The molecule has 3 atom stereocenters. The van der Waals surface area contributed by atoms with Crippen LogP contribution in [0.4, 0.5) is 26.3 Å². The van der Waals surface area contributed by atoms with E-state index in [1.165, 1.54) is 12.1 Å². The Morgan fingerprint density at radius 2 is 1.67 bits per heavy atom. The Morgan fingerprint density at radius 3 is 2.31 bits per heavy atom. The molecule has 0 saturated carbocycles. The molecule has 3 N–H and O–H groups in total. The molecule has 256 valence electrons. The summed E-state index contributed by atoms with van der Waals surface area (Å²) in [7, 11) is 0. The van der Waals surface area contributed by atoms with Crippen LogP contribution in [0.3, 0.4) is 0 Å². The van der Waals surface area contributed by atoms with Crippen LogP contribution in [0.25, 0.3) is 34.3 Å². The maximum Gasteiger partial charge on any atom is 0.490 e. The Balaban J connectivity index is 0.000000582. The summed E-state index contributed by atoms with van der Waals surface area (Å²) >= 11 is 0. The number of piperidine rings is 1. The summed E-state index contributed by atoms with van der Waals surface area (Å²) in [5.74, 6) is -4.37. The first-order valence-electron chi connectivity index (χ1n) is 14.3. The van der Waals surface area contributed by atoms with Crippen LogP contribution in [0, 0.1) is 5.92 Å². The van der Waals surface area contributed by atoms with Crippen molar-refractivity contribution in [3.8, 4) is 40.0 Å². The Bertz CT molecular complexity index is 1760. The standard InChI is InChI=1S/C28H25F3N4O6.C2HF3O2/c29-28(30,31)22-23(16-6-2-1-3-7-16)33-40-25(22)27-32-26(34-41-27)17-8-9-18-20(12-17)39-14-19(24(18)38)35-10-4-5-15(13-35)11-21(36)37;3-2(4,5)1(6)7/h1-3,6-9,12,15,19,24,38H,4-5,10-11,13-14H2,(H,36,37);(H,6,7)/t15?,19-,24+;/m1./s1. The number of rotatable bonds is 6. The fraction of sp³-hybridized carbons (Fsp3) is 0.367. The number of aromatic nitrogens is 3. The summed E-state index contributed by atoms with van der Waals surface area (Å²) in [6.07, 6.45) is -9.02. The molecule has 4 aromatic rings. The molecule has 0 aliphatic carbocycles. The average molecular weight is 685 g/mol. The fourth-order valence-corrected chi connectivity index (χ4v) is 5.56. The monoisotopic (exact) mass is 684 g/mol. The number of carboxylic acid groups (broad SMARTS) is 2. The number of halogens is 6. The van der Waals surface area contributed by atoms with Crippen molar-refractivity contribution >= 4 is 11.9 Å². The van der Waals surface area contributed by atoms with E-state index in [2.05, 4.69) is 20.2 Å². The third-order valence-electron chi connectivity index (χ3n) is 7.73. The van der Waals surface area contributed by atoms with Gasteiger partial charge in [0.05, 0.1) is 6.04 Å². The first-order chi connectivity index (χ1) is 22.6. The van der Waals surface area contributed by atoms with E-state index in [4.69, 9.17) is 28.8 Å². The lowest BCUT2D eigenvalue weighted by molar-refractivity contribution is -0.192. The predicted molar refractivity (Wildman–Crippen MR) is 150 cm³/mol. The number of carbonyl (C=O) groups is 2. The lowest BCUT2D eigenvalue weighted by Crippen LogP contribution is -2.50. The van der Waals surface area contributed by atoms with Gasteiger partial charge in [-0.2, -0.15) is 31.3 Å². The van der Waals surface area contributed by atoms with Crippen LogP contribution in [0.2, 0.25) is 0 Å². The van der Waals surface area contributed by atoms with Crippen molar-refractivity contribution in [1.29, 1.82) is 0 Å². The summed E-state index contributed by atoms with van der Waals surface area (Å²) in [4.78, 5) is 26.3. The first kappa shape index (κ1) is 34.4.